The van der Waals surface area contributed by atoms with Gasteiger partial charge in [0.25, 0.3) is 0 Å². The van der Waals surface area contributed by atoms with Gasteiger partial charge in [-0.2, -0.15) is 0 Å². The van der Waals surface area contributed by atoms with Gasteiger partial charge in [-0.15, -0.1) is 11.3 Å². The number of likely N-dealkylation sites (tertiary alicyclic amines) is 1. The van der Waals surface area contributed by atoms with Gasteiger partial charge < -0.3 is 14.4 Å². The van der Waals surface area contributed by atoms with Gasteiger partial charge in [-0.05, 0) is 36.7 Å². The van der Waals surface area contributed by atoms with E-state index < -0.39 is 11.7 Å². The van der Waals surface area contributed by atoms with Crippen molar-refractivity contribution in [2.75, 3.05) is 18.4 Å². The van der Waals surface area contributed by atoms with Crippen LogP contribution in [0.4, 0.5) is 14.6 Å². The predicted octanol–water partition coefficient (Wildman–Crippen LogP) is 3.85. The largest absolute Gasteiger partial charge is 0.446 e. The van der Waals surface area contributed by atoms with Gasteiger partial charge in [-0.3, -0.25) is 5.32 Å². The highest BCUT2D eigenvalue weighted by molar-refractivity contribution is 9.10. The monoisotopic (exact) mass is 405 g/mol. The van der Waals surface area contributed by atoms with Gasteiger partial charge in [0, 0.05) is 25.9 Å². The van der Waals surface area contributed by atoms with E-state index >= 15 is 0 Å². The highest BCUT2D eigenvalue weighted by Crippen LogP contribution is 2.26. The van der Waals surface area contributed by atoms with E-state index in [1.54, 1.807) is 10.4 Å². The number of thiazole rings is 1. The van der Waals surface area contributed by atoms with Crippen molar-refractivity contribution in [2.24, 2.45) is 0 Å². The van der Waals surface area contributed by atoms with Gasteiger partial charge in [-0.25, -0.2) is 14.6 Å². The molecule has 1 fully saturated rings. The number of anilines is 1. The first-order valence-corrected chi connectivity index (χ1v) is 8.96. The van der Waals surface area contributed by atoms with Crippen molar-refractivity contribution in [3.63, 3.8) is 0 Å². The Balaban J connectivity index is 1.75. The molecule has 0 aliphatic carbocycles. The van der Waals surface area contributed by atoms with Crippen LogP contribution in [0.15, 0.2) is 10.1 Å². The summed E-state index contributed by atoms with van der Waals surface area (Å²) in [6, 6.07) is 0. The van der Waals surface area contributed by atoms with Crippen LogP contribution in [0.3, 0.4) is 0 Å². The highest BCUT2D eigenvalue weighted by atomic mass is 79.9. The molecule has 128 valence electrons. The molecule has 0 radical (unpaired) electrons. The van der Waals surface area contributed by atoms with E-state index in [9.17, 15) is 9.59 Å². The molecule has 2 rings (SSSR count). The van der Waals surface area contributed by atoms with Crippen LogP contribution in [-0.4, -0.2) is 46.9 Å². The first-order valence-electron chi connectivity index (χ1n) is 7.29. The van der Waals surface area contributed by atoms with E-state index in [0.717, 1.165) is 0 Å². The number of nitrogens with zero attached hydrogens (tertiary/aromatic N) is 2. The SMILES string of the molecule is CC(C)(C)OC(=O)N1CCC(OC(=O)Nc2scnc2Br)CC1. The Hall–Kier alpha value is -1.35. The normalized spacial score (nSPS) is 16.1. The Morgan fingerprint density at radius 1 is 1.39 bits per heavy atom. The fourth-order valence-electron chi connectivity index (χ4n) is 2.07. The predicted molar refractivity (Wildman–Crippen MR) is 90.7 cm³/mol. The van der Waals surface area contributed by atoms with Crippen molar-refractivity contribution in [1.29, 1.82) is 0 Å². The van der Waals surface area contributed by atoms with Crippen LogP contribution in [0.25, 0.3) is 0 Å². The zero-order chi connectivity index (χ0) is 17.0. The number of hydrogen-bond donors (Lipinski definition) is 1. The summed E-state index contributed by atoms with van der Waals surface area (Å²) in [7, 11) is 0. The van der Waals surface area contributed by atoms with Crippen molar-refractivity contribution in [3.8, 4) is 0 Å². The van der Waals surface area contributed by atoms with Crippen LogP contribution in [0.5, 0.6) is 0 Å². The maximum absolute atomic E-state index is 12.0. The molecule has 2 amide bonds. The molecule has 0 atom stereocenters. The number of amides is 2. The Labute approximate surface area is 147 Å². The summed E-state index contributed by atoms with van der Waals surface area (Å²) in [4.78, 5) is 29.4. The van der Waals surface area contributed by atoms with E-state index in [1.807, 2.05) is 20.8 Å². The summed E-state index contributed by atoms with van der Waals surface area (Å²) in [5, 5.41) is 3.26. The number of nitrogens with one attached hydrogen (secondary N) is 1. The number of carbonyl (C=O) groups excluding carboxylic acids is 2. The fraction of sp³-hybridized carbons (Fsp3) is 0.643. The third-order valence-corrected chi connectivity index (χ3v) is 4.71. The van der Waals surface area contributed by atoms with E-state index in [4.69, 9.17) is 9.47 Å². The van der Waals surface area contributed by atoms with Crippen LogP contribution >= 0.6 is 27.3 Å². The molecule has 2 heterocycles. The average Bonchev–Trinajstić information content (AvgIpc) is 2.83. The third kappa shape index (κ3) is 5.65. The van der Waals surface area contributed by atoms with Crippen molar-refractivity contribution >= 4 is 44.5 Å². The van der Waals surface area contributed by atoms with Gasteiger partial charge in [-0.1, -0.05) is 0 Å². The van der Waals surface area contributed by atoms with Gasteiger partial charge in [0.2, 0.25) is 0 Å². The topological polar surface area (TPSA) is 80.8 Å². The zero-order valence-corrected chi connectivity index (χ0v) is 15.7. The molecule has 0 spiro atoms. The average molecular weight is 406 g/mol. The van der Waals surface area contributed by atoms with Crippen LogP contribution in [0.2, 0.25) is 0 Å². The molecule has 1 aliphatic heterocycles. The molecule has 1 aliphatic rings. The minimum absolute atomic E-state index is 0.208. The lowest BCUT2D eigenvalue weighted by Crippen LogP contribution is -2.44. The molecular formula is C14H20BrN3O4S. The highest BCUT2D eigenvalue weighted by Gasteiger charge is 2.28. The van der Waals surface area contributed by atoms with Crippen molar-refractivity contribution < 1.29 is 19.1 Å². The van der Waals surface area contributed by atoms with Gasteiger partial charge in [0.15, 0.2) is 0 Å². The maximum atomic E-state index is 12.0. The first-order chi connectivity index (χ1) is 10.7. The summed E-state index contributed by atoms with van der Waals surface area (Å²) >= 11 is 4.55. The van der Waals surface area contributed by atoms with Crippen LogP contribution < -0.4 is 5.32 Å². The summed E-state index contributed by atoms with van der Waals surface area (Å²) in [6.07, 6.45) is 0.146. The number of hydrogen-bond acceptors (Lipinski definition) is 6. The summed E-state index contributed by atoms with van der Waals surface area (Å²) in [5.74, 6) is 0. The lowest BCUT2D eigenvalue weighted by atomic mass is 10.1. The molecule has 9 heteroatoms. The third-order valence-electron chi connectivity index (χ3n) is 3.11. The lowest BCUT2D eigenvalue weighted by Gasteiger charge is -2.33. The Morgan fingerprint density at radius 3 is 2.57 bits per heavy atom. The molecular weight excluding hydrogens is 386 g/mol. The Bertz CT molecular complexity index is 565. The molecule has 1 aromatic heterocycles. The fourth-order valence-corrected chi connectivity index (χ4v) is 3.24. The smallest absolute Gasteiger partial charge is 0.412 e. The quantitative estimate of drug-likeness (QED) is 0.807. The van der Waals surface area contributed by atoms with Gasteiger partial charge in [0.05, 0.1) is 5.51 Å². The van der Waals surface area contributed by atoms with Crippen molar-refractivity contribution in [1.82, 2.24) is 9.88 Å². The summed E-state index contributed by atoms with van der Waals surface area (Å²) in [6.45, 7) is 6.53. The first kappa shape index (κ1) is 18.0. The van der Waals surface area contributed by atoms with Crippen LogP contribution in [0.1, 0.15) is 33.6 Å². The number of ether oxygens (including phenoxy) is 2. The van der Waals surface area contributed by atoms with Crippen molar-refractivity contribution in [2.45, 2.75) is 45.3 Å². The van der Waals surface area contributed by atoms with Crippen LogP contribution in [-0.2, 0) is 9.47 Å². The molecule has 1 saturated heterocycles. The van der Waals surface area contributed by atoms with Crippen molar-refractivity contribution in [3.05, 3.63) is 10.1 Å². The number of aromatic nitrogens is 1. The number of rotatable bonds is 2. The standard InChI is InChI=1S/C14H20BrN3O4S/c1-14(2,3)22-13(20)18-6-4-9(5-7-18)21-12(19)17-11-10(15)16-8-23-11/h8-9H,4-7H2,1-3H3,(H,17,19). The molecule has 1 N–H and O–H groups in total. The van der Waals surface area contributed by atoms with Gasteiger partial charge >= 0.3 is 12.2 Å². The second kappa shape index (κ2) is 7.48. The number of halogens is 1. The second-order valence-corrected chi connectivity index (χ2v) is 7.78. The lowest BCUT2D eigenvalue weighted by molar-refractivity contribution is 0.00794. The van der Waals surface area contributed by atoms with E-state index in [1.165, 1.54) is 11.3 Å². The molecule has 23 heavy (non-hydrogen) atoms. The summed E-state index contributed by atoms with van der Waals surface area (Å²) < 4.78 is 11.3. The number of piperidine rings is 1. The minimum Gasteiger partial charge on any atom is -0.446 e. The zero-order valence-electron chi connectivity index (χ0n) is 13.3. The molecule has 1 aromatic rings. The van der Waals surface area contributed by atoms with E-state index in [0.29, 0.717) is 35.5 Å². The second-order valence-electron chi connectivity index (χ2n) is 6.17. The molecule has 0 bridgehead atoms. The Kier molecular flexibility index (Phi) is 5.85. The van der Waals surface area contributed by atoms with Crippen LogP contribution in [0, 0.1) is 0 Å². The van der Waals surface area contributed by atoms with E-state index in [2.05, 4.69) is 26.2 Å². The molecule has 0 unspecified atom stereocenters. The number of carbonyl (C=O) groups is 2. The molecule has 0 saturated carbocycles. The Morgan fingerprint density at radius 2 is 2.04 bits per heavy atom. The van der Waals surface area contributed by atoms with E-state index in [-0.39, 0.29) is 12.2 Å². The minimum atomic E-state index is -0.509. The van der Waals surface area contributed by atoms with Gasteiger partial charge in [0.1, 0.15) is 21.3 Å². The molecule has 0 aromatic carbocycles. The molecule has 7 nitrogen and oxygen atoms in total. The summed E-state index contributed by atoms with van der Waals surface area (Å²) in [5.41, 5.74) is 1.12. The maximum Gasteiger partial charge on any atom is 0.412 e.